The maximum Gasteiger partial charge on any atom is 0.417 e. The van der Waals surface area contributed by atoms with Crippen molar-refractivity contribution in [1.82, 2.24) is 0 Å². The number of rotatable bonds is 3. The molecule has 0 saturated heterocycles. The number of hydrogen-bond donors (Lipinski definition) is 0. The lowest BCUT2D eigenvalue weighted by Crippen LogP contribution is -2.07. The number of carbonyl (C=O) groups excluding carboxylic acids is 1. The molecular formula is C4H6ClO2. The Labute approximate surface area is 47.4 Å². The first kappa shape index (κ1) is 6.76. The van der Waals surface area contributed by atoms with E-state index in [1.54, 1.807) is 6.92 Å². The van der Waals surface area contributed by atoms with Gasteiger partial charge in [0.2, 0.25) is 0 Å². The van der Waals surface area contributed by atoms with Gasteiger partial charge in [0, 0.05) is 0 Å². The van der Waals surface area contributed by atoms with Gasteiger partial charge in [-0.1, -0.05) is 0 Å². The predicted octanol–water partition coefficient (Wildman–Crippen LogP) is 0.698. The van der Waals surface area contributed by atoms with Crippen LogP contribution in [0.2, 0.25) is 0 Å². The van der Waals surface area contributed by atoms with Gasteiger partial charge in [-0.15, -0.1) is 11.6 Å². The van der Waals surface area contributed by atoms with Gasteiger partial charge in [-0.3, -0.25) is 0 Å². The van der Waals surface area contributed by atoms with Crippen molar-refractivity contribution in [3.05, 3.63) is 0 Å². The van der Waals surface area contributed by atoms with E-state index in [4.69, 9.17) is 11.6 Å². The van der Waals surface area contributed by atoms with Crippen LogP contribution < -0.4 is 0 Å². The van der Waals surface area contributed by atoms with Gasteiger partial charge >= 0.3 is 6.47 Å². The van der Waals surface area contributed by atoms with E-state index in [2.05, 4.69) is 4.74 Å². The second-order valence-electron chi connectivity index (χ2n) is 1.17. The lowest BCUT2D eigenvalue weighted by molar-refractivity contribution is 0.215. The molecule has 0 spiro atoms. The molecule has 0 heterocycles. The second kappa shape index (κ2) is 3.93. The summed E-state index contributed by atoms with van der Waals surface area (Å²) in [6.45, 7) is 2.98. The highest BCUT2D eigenvalue weighted by molar-refractivity contribution is 6.18. The SMILES string of the molecule is CC(CCl)O[C]=O. The van der Waals surface area contributed by atoms with Gasteiger partial charge in [0.25, 0.3) is 0 Å². The summed E-state index contributed by atoms with van der Waals surface area (Å²) in [5.41, 5.74) is 0. The number of hydrogen-bond acceptors (Lipinski definition) is 2. The predicted molar refractivity (Wildman–Crippen MR) is 27.0 cm³/mol. The number of ether oxygens (including phenoxy) is 1. The molecule has 3 heteroatoms. The third-order valence-electron chi connectivity index (χ3n) is 0.467. The van der Waals surface area contributed by atoms with E-state index in [0.29, 0.717) is 5.88 Å². The van der Waals surface area contributed by atoms with Crippen LogP contribution >= 0.6 is 11.6 Å². The summed E-state index contributed by atoms with van der Waals surface area (Å²) in [5.74, 6) is 0.329. The Balaban J connectivity index is 2.98. The highest BCUT2D eigenvalue weighted by Gasteiger charge is 1.95. The van der Waals surface area contributed by atoms with E-state index < -0.39 is 0 Å². The lowest BCUT2D eigenvalue weighted by atomic mass is 10.5. The van der Waals surface area contributed by atoms with Crippen molar-refractivity contribution in [3.8, 4) is 0 Å². The van der Waals surface area contributed by atoms with E-state index in [1.165, 1.54) is 6.47 Å². The summed E-state index contributed by atoms with van der Waals surface area (Å²) >= 11 is 5.23. The van der Waals surface area contributed by atoms with Gasteiger partial charge in [0.1, 0.15) is 6.10 Å². The van der Waals surface area contributed by atoms with Crippen molar-refractivity contribution in [2.24, 2.45) is 0 Å². The van der Waals surface area contributed by atoms with Crippen molar-refractivity contribution in [2.75, 3.05) is 5.88 Å². The Morgan fingerprint density at radius 2 is 2.57 bits per heavy atom. The Bertz CT molecular complexity index is 55.7. The lowest BCUT2D eigenvalue weighted by Gasteiger charge is -1.99. The van der Waals surface area contributed by atoms with Gasteiger partial charge in [-0.2, -0.15) is 0 Å². The molecule has 0 aliphatic carbocycles. The Morgan fingerprint density at radius 1 is 2.00 bits per heavy atom. The van der Waals surface area contributed by atoms with Crippen LogP contribution in [0.25, 0.3) is 0 Å². The molecule has 0 N–H and O–H groups in total. The molecule has 0 aromatic rings. The second-order valence-corrected chi connectivity index (χ2v) is 1.47. The summed E-state index contributed by atoms with van der Waals surface area (Å²) in [6, 6.07) is 0. The zero-order valence-corrected chi connectivity index (χ0v) is 4.73. The van der Waals surface area contributed by atoms with Crippen LogP contribution in [-0.2, 0) is 9.53 Å². The van der Waals surface area contributed by atoms with Gasteiger partial charge < -0.3 is 4.74 Å². The zero-order valence-electron chi connectivity index (χ0n) is 3.98. The molecule has 2 nitrogen and oxygen atoms in total. The van der Waals surface area contributed by atoms with E-state index in [9.17, 15) is 4.79 Å². The maximum absolute atomic E-state index is 9.37. The molecule has 41 valence electrons. The molecule has 0 aromatic heterocycles. The maximum atomic E-state index is 9.37. The van der Waals surface area contributed by atoms with E-state index >= 15 is 0 Å². The average Bonchev–Trinajstić information content (AvgIpc) is 1.68. The molecule has 0 aliphatic heterocycles. The standard InChI is InChI=1S/C4H6ClO2/c1-4(2-5)7-3-6/h4H,2H2,1H3. The van der Waals surface area contributed by atoms with Gasteiger partial charge in [0.05, 0.1) is 5.88 Å². The van der Waals surface area contributed by atoms with Crippen LogP contribution in [0, 0.1) is 0 Å². The van der Waals surface area contributed by atoms with Crippen molar-refractivity contribution < 1.29 is 9.53 Å². The van der Waals surface area contributed by atoms with Crippen LogP contribution in [0.4, 0.5) is 0 Å². The summed E-state index contributed by atoms with van der Waals surface area (Å²) < 4.78 is 4.25. The van der Waals surface area contributed by atoms with Crippen molar-refractivity contribution >= 4 is 18.1 Å². The molecule has 0 aliphatic rings. The fraction of sp³-hybridized carbons (Fsp3) is 0.750. The molecular weight excluding hydrogens is 115 g/mol. The normalized spacial score (nSPS) is 12.9. The van der Waals surface area contributed by atoms with Crippen LogP contribution in [0.3, 0.4) is 0 Å². The van der Waals surface area contributed by atoms with Crippen molar-refractivity contribution in [3.63, 3.8) is 0 Å². The summed E-state index contributed by atoms with van der Waals surface area (Å²) in [5, 5.41) is 0. The summed E-state index contributed by atoms with van der Waals surface area (Å²) in [6.07, 6.45) is -0.209. The molecule has 0 rings (SSSR count). The Morgan fingerprint density at radius 3 is 2.71 bits per heavy atom. The fourth-order valence-corrected chi connectivity index (χ4v) is 0.177. The highest BCUT2D eigenvalue weighted by Crippen LogP contribution is 1.88. The summed E-state index contributed by atoms with van der Waals surface area (Å²) in [4.78, 5) is 9.37. The molecule has 7 heavy (non-hydrogen) atoms. The van der Waals surface area contributed by atoms with Crippen molar-refractivity contribution in [2.45, 2.75) is 13.0 Å². The van der Waals surface area contributed by atoms with Crippen LogP contribution in [0.15, 0.2) is 0 Å². The first-order valence-electron chi connectivity index (χ1n) is 1.90. The quantitative estimate of drug-likeness (QED) is 0.514. The smallest absolute Gasteiger partial charge is 0.417 e. The molecule has 0 aromatic carbocycles. The molecule has 0 bridgehead atoms. The monoisotopic (exact) mass is 121 g/mol. The van der Waals surface area contributed by atoms with Gasteiger partial charge in [0.15, 0.2) is 0 Å². The topological polar surface area (TPSA) is 26.3 Å². The van der Waals surface area contributed by atoms with Gasteiger partial charge in [-0.05, 0) is 6.92 Å². The van der Waals surface area contributed by atoms with Crippen LogP contribution in [0.1, 0.15) is 6.92 Å². The van der Waals surface area contributed by atoms with Crippen LogP contribution in [-0.4, -0.2) is 18.5 Å². The number of halogens is 1. The zero-order chi connectivity index (χ0) is 5.70. The minimum absolute atomic E-state index is 0.209. The highest BCUT2D eigenvalue weighted by atomic mass is 35.5. The minimum atomic E-state index is -0.209. The largest absolute Gasteiger partial charge is 0.453 e. The van der Waals surface area contributed by atoms with E-state index in [0.717, 1.165) is 0 Å². The Kier molecular flexibility index (Phi) is 3.80. The average molecular weight is 122 g/mol. The molecule has 0 saturated carbocycles. The fourth-order valence-electron chi connectivity index (χ4n) is 0.114. The molecule has 0 amide bonds. The Hall–Kier alpha value is -0.240. The third kappa shape index (κ3) is 3.59. The molecule has 0 fully saturated rings. The third-order valence-corrected chi connectivity index (χ3v) is 0.901. The molecule has 1 radical (unpaired) electrons. The van der Waals surface area contributed by atoms with Gasteiger partial charge in [-0.25, -0.2) is 4.79 Å². The first-order valence-corrected chi connectivity index (χ1v) is 2.43. The van der Waals surface area contributed by atoms with E-state index in [-0.39, 0.29) is 6.10 Å². The molecule has 1 unspecified atom stereocenters. The molecule has 1 atom stereocenters. The minimum Gasteiger partial charge on any atom is -0.453 e. The first-order chi connectivity index (χ1) is 3.31. The van der Waals surface area contributed by atoms with Crippen LogP contribution in [0.5, 0.6) is 0 Å². The van der Waals surface area contributed by atoms with Crippen molar-refractivity contribution in [1.29, 1.82) is 0 Å². The summed E-state index contributed by atoms with van der Waals surface area (Å²) in [7, 11) is 0. The number of alkyl halides is 1. The van der Waals surface area contributed by atoms with E-state index in [1.807, 2.05) is 0 Å².